The molecule has 0 aliphatic carbocycles. The van der Waals surface area contributed by atoms with Crippen molar-refractivity contribution < 1.29 is 28.0 Å². The summed E-state index contributed by atoms with van der Waals surface area (Å²) >= 11 is 0. The molecule has 0 N–H and O–H groups in total. The van der Waals surface area contributed by atoms with Crippen LogP contribution in [-0.4, -0.2) is 42.5 Å². The van der Waals surface area contributed by atoms with E-state index in [1.54, 1.807) is 20.1 Å². The van der Waals surface area contributed by atoms with Gasteiger partial charge in [-0.2, -0.15) is 0 Å². The van der Waals surface area contributed by atoms with Crippen LogP contribution in [0.25, 0.3) is 6.08 Å². The van der Waals surface area contributed by atoms with Crippen molar-refractivity contribution in [3.05, 3.63) is 46.6 Å². The average Bonchev–Trinajstić information content (AvgIpc) is 2.59. The van der Waals surface area contributed by atoms with E-state index < -0.39 is 23.1 Å². The lowest BCUT2D eigenvalue weighted by Crippen LogP contribution is -2.32. The number of allylic oxidation sites excluding steroid dienone is 1. The molecule has 0 saturated carbocycles. The molecule has 2 rings (SSSR count). The van der Waals surface area contributed by atoms with Gasteiger partial charge < -0.3 is 18.9 Å². The van der Waals surface area contributed by atoms with Crippen LogP contribution < -0.4 is 4.74 Å². The number of rotatable bonds is 7. The van der Waals surface area contributed by atoms with E-state index in [1.807, 2.05) is 37.3 Å². The fourth-order valence-electron chi connectivity index (χ4n) is 2.25. The second-order valence-electron chi connectivity index (χ2n) is 5.17. The van der Waals surface area contributed by atoms with E-state index in [9.17, 15) is 9.00 Å². The average molecular weight is 366 g/mol. The molecule has 0 bridgehead atoms. The number of benzene rings is 1. The Labute approximate surface area is 149 Å². The van der Waals surface area contributed by atoms with Crippen LogP contribution in [0.3, 0.4) is 0 Å². The highest BCUT2D eigenvalue weighted by Gasteiger charge is 2.31. The summed E-state index contributed by atoms with van der Waals surface area (Å²) in [5.41, 5.74) is 0.955. The van der Waals surface area contributed by atoms with Gasteiger partial charge in [0.25, 0.3) is 0 Å². The molecule has 1 aromatic rings. The predicted octanol–water partition coefficient (Wildman–Crippen LogP) is 2.62. The van der Waals surface area contributed by atoms with E-state index >= 15 is 0 Å². The standard InChI is InChI=1S/C18H22O6S/c1-4-22-16-12-25(20)17(13(2)24-16)18(19)23-11-5-6-14-7-9-15(21-3)10-8-14/h5-10,16H,4,11-12H2,1-3H3/b6-5+/t16-,25+/m0/s1. The molecule has 0 radical (unpaired) electrons. The fraction of sp³-hybridized carbons (Fsp3) is 0.389. The zero-order chi connectivity index (χ0) is 18.2. The van der Waals surface area contributed by atoms with Crippen LogP contribution in [0, 0.1) is 0 Å². The van der Waals surface area contributed by atoms with Crippen LogP contribution in [0.4, 0.5) is 0 Å². The van der Waals surface area contributed by atoms with Crippen molar-refractivity contribution in [3.63, 3.8) is 0 Å². The van der Waals surface area contributed by atoms with E-state index in [0.717, 1.165) is 11.3 Å². The number of carbonyl (C=O) groups is 1. The number of methoxy groups -OCH3 is 1. The first-order valence-electron chi connectivity index (χ1n) is 7.90. The second-order valence-corrected chi connectivity index (χ2v) is 6.61. The predicted molar refractivity (Wildman–Crippen MR) is 95.2 cm³/mol. The van der Waals surface area contributed by atoms with Gasteiger partial charge in [-0.05, 0) is 37.6 Å². The van der Waals surface area contributed by atoms with Crippen LogP contribution in [0.5, 0.6) is 5.75 Å². The summed E-state index contributed by atoms with van der Waals surface area (Å²) in [6, 6.07) is 7.47. The van der Waals surface area contributed by atoms with Gasteiger partial charge in [-0.1, -0.05) is 18.2 Å². The van der Waals surface area contributed by atoms with Crippen molar-refractivity contribution in [1.29, 1.82) is 0 Å². The molecule has 0 unspecified atom stereocenters. The maximum absolute atomic E-state index is 12.2. The summed E-state index contributed by atoms with van der Waals surface area (Å²) in [7, 11) is 0.110. The summed E-state index contributed by atoms with van der Waals surface area (Å²) in [5.74, 6) is 0.547. The van der Waals surface area contributed by atoms with Crippen molar-refractivity contribution in [2.45, 2.75) is 20.1 Å². The molecular weight excluding hydrogens is 344 g/mol. The Bertz CT molecular complexity index is 677. The molecule has 0 fully saturated rings. The van der Waals surface area contributed by atoms with Crippen LogP contribution in [0.15, 0.2) is 41.0 Å². The van der Waals surface area contributed by atoms with Gasteiger partial charge in [0.2, 0.25) is 6.29 Å². The highest BCUT2D eigenvalue weighted by Crippen LogP contribution is 2.22. The Morgan fingerprint density at radius 2 is 2.08 bits per heavy atom. The van der Waals surface area contributed by atoms with Gasteiger partial charge in [0.15, 0.2) is 4.91 Å². The third kappa shape index (κ3) is 5.44. The van der Waals surface area contributed by atoms with Crippen molar-refractivity contribution in [2.75, 3.05) is 26.1 Å². The topological polar surface area (TPSA) is 71.1 Å². The zero-order valence-electron chi connectivity index (χ0n) is 14.5. The molecule has 1 aliphatic heterocycles. The third-order valence-corrected chi connectivity index (χ3v) is 4.90. The second kappa shape index (κ2) is 9.39. The quantitative estimate of drug-likeness (QED) is 0.691. The molecule has 0 amide bonds. The van der Waals surface area contributed by atoms with E-state index in [2.05, 4.69) is 0 Å². The Balaban J connectivity index is 1.89. The maximum Gasteiger partial charge on any atom is 0.351 e. The van der Waals surface area contributed by atoms with Gasteiger partial charge in [-0.3, -0.25) is 4.21 Å². The van der Waals surface area contributed by atoms with Gasteiger partial charge in [-0.25, -0.2) is 4.79 Å². The lowest BCUT2D eigenvalue weighted by Gasteiger charge is -2.25. The molecule has 0 spiro atoms. The minimum Gasteiger partial charge on any atom is -0.497 e. The first-order chi connectivity index (χ1) is 12.0. The van der Waals surface area contributed by atoms with Gasteiger partial charge in [-0.15, -0.1) is 0 Å². The summed E-state index contributed by atoms with van der Waals surface area (Å²) in [5, 5.41) is 0. The lowest BCUT2D eigenvalue weighted by atomic mass is 10.2. The SMILES string of the molecule is CCO[C@@H]1C[S@@](=O)C(C(=O)OC/C=C/c2ccc(OC)cc2)=C(C)O1. The Morgan fingerprint density at radius 3 is 2.68 bits per heavy atom. The summed E-state index contributed by atoms with van der Waals surface area (Å²) in [6.45, 7) is 3.94. The number of esters is 1. The van der Waals surface area contributed by atoms with Crippen LogP contribution in [0.2, 0.25) is 0 Å². The van der Waals surface area contributed by atoms with E-state index in [1.165, 1.54) is 0 Å². The Kier molecular flexibility index (Phi) is 7.21. The fourth-order valence-corrected chi connectivity index (χ4v) is 3.44. The molecule has 1 heterocycles. The monoisotopic (exact) mass is 366 g/mol. The number of carbonyl (C=O) groups excluding carboxylic acids is 1. The van der Waals surface area contributed by atoms with Crippen molar-refractivity contribution >= 4 is 22.8 Å². The molecule has 1 aromatic carbocycles. The summed E-state index contributed by atoms with van der Waals surface area (Å²) < 4.78 is 33.2. The van der Waals surface area contributed by atoms with Crippen LogP contribution in [0.1, 0.15) is 19.4 Å². The minimum absolute atomic E-state index is 0.0637. The van der Waals surface area contributed by atoms with Gasteiger partial charge in [0.1, 0.15) is 18.1 Å². The lowest BCUT2D eigenvalue weighted by molar-refractivity contribution is -0.138. The summed E-state index contributed by atoms with van der Waals surface area (Å²) in [4.78, 5) is 12.2. The number of ether oxygens (including phenoxy) is 4. The largest absolute Gasteiger partial charge is 0.497 e. The molecule has 2 atom stereocenters. The van der Waals surface area contributed by atoms with Gasteiger partial charge in [0.05, 0.1) is 23.7 Å². The van der Waals surface area contributed by atoms with Crippen molar-refractivity contribution in [3.8, 4) is 5.75 Å². The highest BCUT2D eigenvalue weighted by molar-refractivity contribution is 7.90. The summed E-state index contributed by atoms with van der Waals surface area (Å²) in [6.07, 6.45) is 2.95. The van der Waals surface area contributed by atoms with E-state index in [-0.39, 0.29) is 23.0 Å². The van der Waals surface area contributed by atoms with Crippen molar-refractivity contribution in [2.24, 2.45) is 0 Å². The Morgan fingerprint density at radius 1 is 1.36 bits per heavy atom. The molecule has 0 saturated heterocycles. The molecule has 6 nitrogen and oxygen atoms in total. The third-order valence-electron chi connectivity index (χ3n) is 3.42. The maximum atomic E-state index is 12.2. The smallest absolute Gasteiger partial charge is 0.351 e. The first-order valence-corrected chi connectivity index (χ1v) is 9.22. The molecule has 0 aromatic heterocycles. The van der Waals surface area contributed by atoms with Crippen molar-refractivity contribution in [1.82, 2.24) is 0 Å². The van der Waals surface area contributed by atoms with E-state index in [0.29, 0.717) is 6.61 Å². The van der Waals surface area contributed by atoms with E-state index in [4.69, 9.17) is 18.9 Å². The molecule has 1 aliphatic rings. The molecule has 25 heavy (non-hydrogen) atoms. The molecular formula is C18H22O6S. The minimum atomic E-state index is -1.50. The number of hydrogen-bond acceptors (Lipinski definition) is 6. The number of hydrogen-bond donors (Lipinski definition) is 0. The van der Waals surface area contributed by atoms with Gasteiger partial charge >= 0.3 is 5.97 Å². The Hall–Kier alpha value is -2.12. The van der Waals surface area contributed by atoms with Crippen LogP contribution >= 0.6 is 0 Å². The first kappa shape index (κ1) is 19.2. The van der Waals surface area contributed by atoms with Crippen LogP contribution in [-0.2, 0) is 29.8 Å². The highest BCUT2D eigenvalue weighted by atomic mass is 32.2. The molecule has 136 valence electrons. The molecule has 7 heteroatoms. The normalized spacial score (nSPS) is 20.4. The van der Waals surface area contributed by atoms with Gasteiger partial charge in [0, 0.05) is 6.61 Å². The zero-order valence-corrected chi connectivity index (χ0v) is 15.3.